The van der Waals surface area contributed by atoms with E-state index in [0.717, 1.165) is 0 Å². The SMILES string of the molecule is [AsH2]Cc1ccc(-c2ccccc2)cc1. The van der Waals surface area contributed by atoms with Crippen LogP contribution in [0.15, 0.2) is 54.6 Å². The van der Waals surface area contributed by atoms with Gasteiger partial charge >= 0.3 is 93.3 Å². The van der Waals surface area contributed by atoms with Crippen LogP contribution in [0.4, 0.5) is 0 Å². The zero-order valence-electron chi connectivity index (χ0n) is 7.98. The summed E-state index contributed by atoms with van der Waals surface area (Å²) in [5, 5.41) is 1.17. The molecule has 2 aromatic carbocycles. The number of hydrogen-bond acceptors (Lipinski definition) is 0. The Labute approximate surface area is 93.5 Å². The van der Waals surface area contributed by atoms with Gasteiger partial charge in [-0.1, -0.05) is 0 Å². The van der Waals surface area contributed by atoms with Crippen LogP contribution in [0.2, 0.25) is 0 Å². The summed E-state index contributed by atoms with van der Waals surface area (Å²) in [6, 6.07) is 19.3. The van der Waals surface area contributed by atoms with Gasteiger partial charge in [-0.2, -0.15) is 0 Å². The molecule has 0 bridgehead atoms. The van der Waals surface area contributed by atoms with E-state index < -0.39 is 0 Å². The van der Waals surface area contributed by atoms with E-state index in [1.165, 1.54) is 21.9 Å². The molecule has 1 unspecified atom stereocenters. The van der Waals surface area contributed by atoms with Crippen LogP contribution in [0.5, 0.6) is 0 Å². The van der Waals surface area contributed by atoms with Gasteiger partial charge in [0.05, 0.1) is 0 Å². The van der Waals surface area contributed by atoms with Crippen molar-refractivity contribution >= 4 is 16.9 Å². The van der Waals surface area contributed by atoms with Crippen LogP contribution >= 0.6 is 0 Å². The fourth-order valence-corrected chi connectivity index (χ4v) is 2.03. The summed E-state index contributed by atoms with van der Waals surface area (Å²) in [4.78, 5) is 0. The summed E-state index contributed by atoms with van der Waals surface area (Å²) in [5.41, 5.74) is 4.01. The second-order valence-electron chi connectivity index (χ2n) is 3.27. The summed E-state index contributed by atoms with van der Waals surface area (Å²) in [6.45, 7) is 0. The van der Waals surface area contributed by atoms with Crippen LogP contribution in [-0.2, 0) is 5.21 Å². The number of hydrogen-bond donors (Lipinski definition) is 0. The Morgan fingerprint density at radius 2 is 1.29 bits per heavy atom. The van der Waals surface area contributed by atoms with Crippen LogP contribution < -0.4 is 0 Å². The molecule has 1 heteroatoms. The Balaban J connectivity index is 2.34. The molecule has 1 atom stereocenters. The maximum absolute atomic E-state index is 2.21. The zero-order chi connectivity index (χ0) is 9.80. The van der Waals surface area contributed by atoms with E-state index in [2.05, 4.69) is 48.5 Å². The molecule has 14 heavy (non-hydrogen) atoms. The molecule has 0 N–H and O–H groups in total. The van der Waals surface area contributed by atoms with Crippen molar-refractivity contribution in [3.8, 4) is 11.1 Å². The number of benzene rings is 2. The summed E-state index contributed by atoms with van der Waals surface area (Å²) < 4.78 is 0. The maximum atomic E-state index is 2.21. The van der Waals surface area contributed by atoms with Gasteiger partial charge in [0.25, 0.3) is 0 Å². The molecule has 2 aromatic rings. The molecule has 0 nitrogen and oxygen atoms in total. The molecule has 0 aromatic heterocycles. The second-order valence-corrected chi connectivity index (χ2v) is 4.12. The Bertz CT molecular complexity index is 389. The average molecular weight is 244 g/mol. The number of rotatable bonds is 2. The molecular weight excluding hydrogens is 231 g/mol. The van der Waals surface area contributed by atoms with Crippen molar-refractivity contribution in [2.75, 3.05) is 0 Å². The fourth-order valence-electron chi connectivity index (χ4n) is 1.46. The van der Waals surface area contributed by atoms with Crippen molar-refractivity contribution in [3.63, 3.8) is 0 Å². The first-order valence-corrected chi connectivity index (χ1v) is 6.46. The first-order valence-electron chi connectivity index (χ1n) is 4.74. The van der Waals surface area contributed by atoms with Crippen molar-refractivity contribution in [2.45, 2.75) is 5.21 Å². The molecule has 0 fully saturated rings. The van der Waals surface area contributed by atoms with Crippen LogP contribution in [0.25, 0.3) is 11.1 Å². The average Bonchev–Trinajstić information content (AvgIpc) is 2.30. The van der Waals surface area contributed by atoms with Crippen molar-refractivity contribution in [1.82, 2.24) is 0 Å². The molecule has 2 rings (SSSR count). The monoisotopic (exact) mass is 244 g/mol. The third-order valence-electron chi connectivity index (χ3n) is 2.30. The van der Waals surface area contributed by atoms with Gasteiger partial charge in [0, 0.05) is 0 Å². The standard InChI is InChI=1S/C13H13As/c14-10-11-6-8-13(9-7-11)12-4-2-1-3-5-12/h1-9H,10,14H2. The summed E-state index contributed by atoms with van der Waals surface area (Å²) in [6.07, 6.45) is 0. The Hall–Kier alpha value is -1.00. The minimum absolute atomic E-state index is 1.17. The van der Waals surface area contributed by atoms with Gasteiger partial charge in [0.15, 0.2) is 0 Å². The molecule has 0 heterocycles. The molecule has 0 amide bonds. The van der Waals surface area contributed by atoms with Crippen molar-refractivity contribution in [3.05, 3.63) is 60.2 Å². The Kier molecular flexibility index (Phi) is 3.06. The molecule has 0 radical (unpaired) electrons. The predicted molar refractivity (Wildman–Crippen MR) is 64.1 cm³/mol. The first-order chi connectivity index (χ1) is 6.90. The predicted octanol–water partition coefficient (Wildman–Crippen LogP) is 2.49. The molecule has 0 aliphatic carbocycles. The van der Waals surface area contributed by atoms with Gasteiger partial charge in [-0.25, -0.2) is 0 Å². The van der Waals surface area contributed by atoms with Crippen LogP contribution in [0.3, 0.4) is 0 Å². The van der Waals surface area contributed by atoms with Crippen molar-refractivity contribution < 1.29 is 0 Å². The zero-order valence-corrected chi connectivity index (χ0v) is 10.4. The van der Waals surface area contributed by atoms with Gasteiger partial charge in [-0.3, -0.25) is 0 Å². The van der Waals surface area contributed by atoms with E-state index in [1.807, 2.05) is 6.07 Å². The van der Waals surface area contributed by atoms with Crippen LogP contribution in [-0.4, -0.2) is 16.9 Å². The van der Waals surface area contributed by atoms with Crippen LogP contribution in [0.1, 0.15) is 5.56 Å². The molecule has 0 aliphatic rings. The molecule has 70 valence electrons. The Morgan fingerprint density at radius 1 is 0.714 bits per heavy atom. The molecule has 0 spiro atoms. The van der Waals surface area contributed by atoms with Gasteiger partial charge in [-0.05, 0) is 0 Å². The molecule has 0 saturated heterocycles. The fraction of sp³-hybridized carbons (Fsp3) is 0.0769. The first kappa shape index (κ1) is 9.55. The summed E-state index contributed by atoms with van der Waals surface area (Å²) in [5.74, 6) is 0. The minimum atomic E-state index is 1.17. The molecule has 0 aliphatic heterocycles. The van der Waals surface area contributed by atoms with E-state index in [4.69, 9.17) is 0 Å². The van der Waals surface area contributed by atoms with Gasteiger partial charge in [-0.15, -0.1) is 0 Å². The second kappa shape index (κ2) is 4.48. The Morgan fingerprint density at radius 3 is 1.86 bits per heavy atom. The van der Waals surface area contributed by atoms with E-state index >= 15 is 0 Å². The van der Waals surface area contributed by atoms with Gasteiger partial charge in [0.1, 0.15) is 0 Å². The van der Waals surface area contributed by atoms with Crippen molar-refractivity contribution in [1.29, 1.82) is 0 Å². The van der Waals surface area contributed by atoms with E-state index in [9.17, 15) is 0 Å². The van der Waals surface area contributed by atoms with Gasteiger partial charge < -0.3 is 0 Å². The normalized spacial score (nSPS) is 10.1. The van der Waals surface area contributed by atoms with E-state index in [1.54, 1.807) is 16.9 Å². The van der Waals surface area contributed by atoms with E-state index in [-0.39, 0.29) is 0 Å². The topological polar surface area (TPSA) is 0 Å². The van der Waals surface area contributed by atoms with Crippen molar-refractivity contribution in [2.24, 2.45) is 0 Å². The van der Waals surface area contributed by atoms with E-state index in [0.29, 0.717) is 0 Å². The van der Waals surface area contributed by atoms with Crippen LogP contribution in [0, 0.1) is 0 Å². The molecular formula is C13H13As. The third-order valence-corrected chi connectivity index (χ3v) is 3.29. The summed E-state index contributed by atoms with van der Waals surface area (Å²) in [7, 11) is 0. The third kappa shape index (κ3) is 2.08. The molecule has 0 saturated carbocycles. The quantitative estimate of drug-likeness (QED) is 0.712. The van der Waals surface area contributed by atoms with Gasteiger partial charge in [0.2, 0.25) is 0 Å². The summed E-state index contributed by atoms with van der Waals surface area (Å²) >= 11 is 1.76.